The lowest BCUT2D eigenvalue weighted by Crippen LogP contribution is -2.42. The van der Waals surface area contributed by atoms with Crippen LogP contribution in [0, 0.1) is 5.92 Å². The monoisotopic (exact) mass is 288 g/mol. The van der Waals surface area contributed by atoms with Gasteiger partial charge in [0.25, 0.3) is 0 Å². The fourth-order valence-corrected chi connectivity index (χ4v) is 3.43. The first kappa shape index (κ1) is 14.4. The van der Waals surface area contributed by atoms with Gasteiger partial charge in [0.1, 0.15) is 5.75 Å². The molecule has 3 rings (SSSR count). The average molecular weight is 288 g/mol. The number of methoxy groups -OCH3 is 1. The van der Waals surface area contributed by atoms with E-state index in [1.54, 1.807) is 7.11 Å². The van der Waals surface area contributed by atoms with Crippen LogP contribution in [0.25, 0.3) is 0 Å². The van der Waals surface area contributed by atoms with Crippen molar-refractivity contribution in [3.63, 3.8) is 0 Å². The molecule has 2 aliphatic heterocycles. The smallest absolute Gasteiger partial charge is 0.226 e. The molecule has 2 unspecified atom stereocenters. The Hall–Kier alpha value is -1.55. The number of ether oxygens (including phenoxy) is 1. The normalized spacial score (nSPS) is 25.9. The molecular formula is C17H24N2O2. The Labute approximate surface area is 126 Å². The van der Waals surface area contributed by atoms with Crippen molar-refractivity contribution >= 4 is 5.91 Å². The standard InChI is InChI=1S/C17H24N2O2/c1-21-16-6-4-13(5-7-16)15-8-10-19(12-15)17(20)14-3-2-9-18-11-14/h4-7,14-15,18H,2-3,8-12H2,1H3. The molecular weight excluding hydrogens is 264 g/mol. The number of nitrogens with one attached hydrogen (secondary N) is 1. The minimum Gasteiger partial charge on any atom is -0.497 e. The molecule has 0 saturated carbocycles. The minimum absolute atomic E-state index is 0.188. The summed E-state index contributed by atoms with van der Waals surface area (Å²) in [5, 5.41) is 3.33. The van der Waals surface area contributed by atoms with Gasteiger partial charge in [-0.15, -0.1) is 0 Å². The van der Waals surface area contributed by atoms with Crippen LogP contribution in [0.5, 0.6) is 5.75 Å². The zero-order valence-electron chi connectivity index (χ0n) is 12.7. The molecule has 21 heavy (non-hydrogen) atoms. The van der Waals surface area contributed by atoms with E-state index in [1.807, 2.05) is 12.1 Å². The molecule has 2 saturated heterocycles. The second-order valence-electron chi connectivity index (χ2n) is 6.09. The molecule has 114 valence electrons. The van der Waals surface area contributed by atoms with Crippen molar-refractivity contribution in [3.05, 3.63) is 29.8 Å². The quantitative estimate of drug-likeness (QED) is 0.925. The topological polar surface area (TPSA) is 41.6 Å². The predicted molar refractivity (Wildman–Crippen MR) is 82.5 cm³/mol. The van der Waals surface area contributed by atoms with Gasteiger partial charge in [-0.1, -0.05) is 12.1 Å². The summed E-state index contributed by atoms with van der Waals surface area (Å²) in [6, 6.07) is 8.26. The number of nitrogens with zero attached hydrogens (tertiary/aromatic N) is 1. The molecule has 2 atom stereocenters. The molecule has 2 fully saturated rings. The molecule has 0 aliphatic carbocycles. The molecule has 0 bridgehead atoms. The highest BCUT2D eigenvalue weighted by atomic mass is 16.5. The van der Waals surface area contributed by atoms with E-state index in [9.17, 15) is 4.79 Å². The lowest BCUT2D eigenvalue weighted by Gasteiger charge is -2.27. The average Bonchev–Trinajstić information content (AvgIpc) is 3.05. The van der Waals surface area contributed by atoms with Crippen LogP contribution < -0.4 is 10.1 Å². The van der Waals surface area contributed by atoms with Crippen LogP contribution in [0.15, 0.2) is 24.3 Å². The molecule has 0 aromatic heterocycles. The van der Waals surface area contributed by atoms with Gasteiger partial charge in [-0.2, -0.15) is 0 Å². The maximum absolute atomic E-state index is 12.5. The van der Waals surface area contributed by atoms with Gasteiger partial charge in [0, 0.05) is 25.6 Å². The van der Waals surface area contributed by atoms with E-state index < -0.39 is 0 Å². The molecule has 1 aromatic rings. The van der Waals surface area contributed by atoms with Crippen LogP contribution in [0.4, 0.5) is 0 Å². The summed E-state index contributed by atoms with van der Waals surface area (Å²) in [6.07, 6.45) is 3.22. The van der Waals surface area contributed by atoms with E-state index in [0.717, 1.165) is 51.2 Å². The Morgan fingerprint density at radius 2 is 2.10 bits per heavy atom. The predicted octanol–water partition coefficient (Wildman–Crippen LogP) is 2.01. The molecule has 1 N–H and O–H groups in total. The van der Waals surface area contributed by atoms with E-state index in [4.69, 9.17) is 4.74 Å². The van der Waals surface area contributed by atoms with Crippen molar-refractivity contribution in [2.75, 3.05) is 33.3 Å². The van der Waals surface area contributed by atoms with E-state index in [2.05, 4.69) is 22.3 Å². The first-order chi connectivity index (χ1) is 10.3. The first-order valence-corrected chi connectivity index (χ1v) is 7.91. The van der Waals surface area contributed by atoms with Crippen LogP contribution in [0.2, 0.25) is 0 Å². The number of carbonyl (C=O) groups excluding carboxylic acids is 1. The van der Waals surface area contributed by atoms with Gasteiger partial charge in [-0.25, -0.2) is 0 Å². The number of hydrogen-bond acceptors (Lipinski definition) is 3. The summed E-state index contributed by atoms with van der Waals surface area (Å²) in [4.78, 5) is 14.6. The van der Waals surface area contributed by atoms with Crippen LogP contribution in [-0.4, -0.2) is 44.1 Å². The van der Waals surface area contributed by atoms with Crippen molar-refractivity contribution < 1.29 is 9.53 Å². The van der Waals surface area contributed by atoms with E-state index in [0.29, 0.717) is 11.8 Å². The second kappa shape index (κ2) is 6.48. The maximum atomic E-state index is 12.5. The van der Waals surface area contributed by atoms with Gasteiger partial charge in [-0.05, 0) is 43.5 Å². The number of hydrogen-bond donors (Lipinski definition) is 1. The van der Waals surface area contributed by atoms with Gasteiger partial charge in [0.15, 0.2) is 0 Å². The molecule has 1 amide bonds. The summed E-state index contributed by atoms with van der Waals surface area (Å²) in [5.74, 6) is 1.89. The molecule has 4 nitrogen and oxygen atoms in total. The van der Waals surface area contributed by atoms with Crippen LogP contribution in [-0.2, 0) is 4.79 Å². The van der Waals surface area contributed by atoms with E-state index in [1.165, 1.54) is 5.56 Å². The Morgan fingerprint density at radius 3 is 2.76 bits per heavy atom. The summed E-state index contributed by atoms with van der Waals surface area (Å²) >= 11 is 0. The highest BCUT2D eigenvalue weighted by Crippen LogP contribution is 2.29. The first-order valence-electron chi connectivity index (χ1n) is 7.91. The van der Waals surface area contributed by atoms with E-state index >= 15 is 0 Å². The lowest BCUT2D eigenvalue weighted by molar-refractivity contribution is -0.135. The van der Waals surface area contributed by atoms with Gasteiger partial charge in [0.05, 0.1) is 13.0 Å². The number of rotatable bonds is 3. The zero-order valence-corrected chi connectivity index (χ0v) is 12.7. The van der Waals surface area contributed by atoms with Crippen LogP contribution in [0.3, 0.4) is 0 Å². The Balaban J connectivity index is 1.60. The summed E-state index contributed by atoms with van der Waals surface area (Å²) in [6.45, 7) is 3.66. The Kier molecular flexibility index (Phi) is 4.44. The van der Waals surface area contributed by atoms with Crippen molar-refractivity contribution in [2.24, 2.45) is 5.92 Å². The summed E-state index contributed by atoms with van der Waals surface area (Å²) in [5.41, 5.74) is 1.31. The van der Waals surface area contributed by atoms with Gasteiger partial charge >= 0.3 is 0 Å². The molecule has 4 heteroatoms. The summed E-state index contributed by atoms with van der Waals surface area (Å²) in [7, 11) is 1.68. The summed E-state index contributed by atoms with van der Waals surface area (Å²) < 4.78 is 5.20. The fraction of sp³-hybridized carbons (Fsp3) is 0.588. The largest absolute Gasteiger partial charge is 0.497 e. The number of likely N-dealkylation sites (tertiary alicyclic amines) is 1. The number of benzene rings is 1. The highest BCUT2D eigenvalue weighted by molar-refractivity contribution is 5.79. The molecule has 2 heterocycles. The Bertz CT molecular complexity index is 480. The van der Waals surface area contributed by atoms with Gasteiger partial charge in [0.2, 0.25) is 5.91 Å². The van der Waals surface area contributed by atoms with Crippen molar-refractivity contribution in [1.82, 2.24) is 10.2 Å². The third-order valence-corrected chi connectivity index (χ3v) is 4.73. The van der Waals surface area contributed by atoms with E-state index in [-0.39, 0.29) is 5.92 Å². The minimum atomic E-state index is 0.188. The number of amides is 1. The second-order valence-corrected chi connectivity index (χ2v) is 6.09. The highest BCUT2D eigenvalue weighted by Gasteiger charge is 2.31. The third kappa shape index (κ3) is 3.21. The molecule has 0 spiro atoms. The third-order valence-electron chi connectivity index (χ3n) is 4.73. The fourth-order valence-electron chi connectivity index (χ4n) is 3.43. The molecule has 0 radical (unpaired) electrons. The SMILES string of the molecule is COc1ccc(C2CCN(C(=O)C3CCCNC3)C2)cc1. The molecule has 2 aliphatic rings. The van der Waals surface area contributed by atoms with Crippen molar-refractivity contribution in [3.8, 4) is 5.75 Å². The van der Waals surface area contributed by atoms with Crippen molar-refractivity contribution in [1.29, 1.82) is 0 Å². The van der Waals surface area contributed by atoms with Gasteiger partial charge < -0.3 is 15.0 Å². The number of carbonyl (C=O) groups is 1. The molecule has 1 aromatic carbocycles. The Morgan fingerprint density at radius 1 is 1.29 bits per heavy atom. The lowest BCUT2D eigenvalue weighted by atomic mass is 9.97. The maximum Gasteiger partial charge on any atom is 0.226 e. The van der Waals surface area contributed by atoms with Gasteiger partial charge in [-0.3, -0.25) is 4.79 Å². The van der Waals surface area contributed by atoms with Crippen LogP contribution in [0.1, 0.15) is 30.7 Å². The van der Waals surface area contributed by atoms with Crippen LogP contribution >= 0.6 is 0 Å². The number of piperidine rings is 1. The van der Waals surface area contributed by atoms with Crippen molar-refractivity contribution in [2.45, 2.75) is 25.2 Å². The zero-order chi connectivity index (χ0) is 14.7.